The molecule has 9 nitrogen and oxygen atoms in total. The molecule has 0 spiro atoms. The lowest BCUT2D eigenvalue weighted by molar-refractivity contribution is -0.385. The molecule has 1 amide bonds. The molecule has 0 aliphatic rings. The molecule has 0 atom stereocenters. The fraction of sp³-hybridized carbons (Fsp3) is 0.389. The number of ether oxygens (including phenoxy) is 1. The average molecular weight is 428 g/mol. The van der Waals surface area contributed by atoms with Crippen molar-refractivity contribution in [1.29, 1.82) is 0 Å². The van der Waals surface area contributed by atoms with E-state index < -0.39 is 41.8 Å². The molecule has 162 valence electrons. The number of hydrogen-bond donors (Lipinski definition) is 0. The van der Waals surface area contributed by atoms with E-state index in [0.29, 0.717) is 17.2 Å². The molecule has 0 unspecified atom stereocenters. The van der Waals surface area contributed by atoms with Crippen molar-refractivity contribution in [2.75, 3.05) is 13.2 Å². The van der Waals surface area contributed by atoms with Crippen molar-refractivity contribution in [2.24, 2.45) is 0 Å². The van der Waals surface area contributed by atoms with Crippen molar-refractivity contribution in [2.45, 2.75) is 33.5 Å². The normalized spacial score (nSPS) is 11.3. The highest BCUT2D eigenvalue weighted by Crippen LogP contribution is 2.27. The first-order valence-electron chi connectivity index (χ1n) is 8.76. The van der Waals surface area contributed by atoms with Gasteiger partial charge in [-0.3, -0.25) is 19.7 Å². The van der Waals surface area contributed by atoms with Crippen molar-refractivity contribution in [3.63, 3.8) is 0 Å². The Bertz CT molecular complexity index is 971. The largest absolute Gasteiger partial charge is 0.471 e. The number of esters is 1. The Kier molecular flexibility index (Phi) is 6.80. The first kappa shape index (κ1) is 22.8. The number of nitrogens with zero attached hydrogens (tertiary/aromatic N) is 4. The van der Waals surface area contributed by atoms with Crippen molar-refractivity contribution < 1.29 is 32.4 Å². The fourth-order valence-electron chi connectivity index (χ4n) is 2.85. The summed E-state index contributed by atoms with van der Waals surface area (Å²) in [6, 6.07) is 3.82. The van der Waals surface area contributed by atoms with Gasteiger partial charge >= 0.3 is 18.1 Å². The second-order valence-electron chi connectivity index (χ2n) is 6.33. The maximum absolute atomic E-state index is 13.0. The van der Waals surface area contributed by atoms with E-state index in [1.165, 1.54) is 19.1 Å². The van der Waals surface area contributed by atoms with E-state index in [-0.39, 0.29) is 17.1 Å². The van der Waals surface area contributed by atoms with Gasteiger partial charge in [-0.25, -0.2) is 4.98 Å². The van der Waals surface area contributed by atoms with Gasteiger partial charge in [0.25, 0.3) is 5.69 Å². The highest BCUT2D eigenvalue weighted by molar-refractivity contribution is 5.86. The van der Waals surface area contributed by atoms with Crippen molar-refractivity contribution in [3.05, 3.63) is 51.6 Å². The molecule has 0 saturated heterocycles. The van der Waals surface area contributed by atoms with Gasteiger partial charge in [0.05, 0.1) is 29.3 Å². The van der Waals surface area contributed by atoms with Gasteiger partial charge in [0.2, 0.25) is 0 Å². The smallest absolute Gasteiger partial charge is 0.465 e. The molecule has 0 aliphatic carbocycles. The summed E-state index contributed by atoms with van der Waals surface area (Å²) in [6.45, 7) is 2.97. The zero-order chi connectivity index (χ0) is 22.6. The zero-order valence-corrected chi connectivity index (χ0v) is 16.4. The van der Waals surface area contributed by atoms with Crippen molar-refractivity contribution in [3.8, 4) is 5.69 Å². The van der Waals surface area contributed by atoms with Crippen LogP contribution in [0.1, 0.15) is 24.0 Å². The highest BCUT2D eigenvalue weighted by Gasteiger charge is 2.43. The maximum atomic E-state index is 13.0. The quantitative estimate of drug-likeness (QED) is 0.381. The summed E-state index contributed by atoms with van der Waals surface area (Å²) in [4.78, 5) is 38.5. The van der Waals surface area contributed by atoms with Crippen LogP contribution < -0.4 is 0 Å². The molecule has 0 fully saturated rings. The minimum absolute atomic E-state index is 0.0955. The maximum Gasteiger partial charge on any atom is 0.471 e. The highest BCUT2D eigenvalue weighted by atomic mass is 19.4. The summed E-state index contributed by atoms with van der Waals surface area (Å²) in [5.74, 6) is -2.80. The van der Waals surface area contributed by atoms with Gasteiger partial charge in [0, 0.05) is 18.0 Å². The molecule has 0 radical (unpaired) electrons. The monoisotopic (exact) mass is 428 g/mol. The summed E-state index contributed by atoms with van der Waals surface area (Å²) in [6.07, 6.45) is -3.62. The lowest BCUT2D eigenvalue weighted by atomic mass is 10.1. The van der Waals surface area contributed by atoms with Crippen LogP contribution in [0.15, 0.2) is 24.4 Å². The number of rotatable bonds is 7. The van der Waals surface area contributed by atoms with Crippen LogP contribution >= 0.6 is 0 Å². The minimum Gasteiger partial charge on any atom is -0.465 e. The van der Waals surface area contributed by atoms with E-state index in [0.717, 1.165) is 6.07 Å². The third-order valence-electron chi connectivity index (χ3n) is 4.06. The molecule has 1 aromatic carbocycles. The first-order chi connectivity index (χ1) is 13.9. The molecule has 1 aromatic heterocycles. The van der Waals surface area contributed by atoms with E-state index >= 15 is 0 Å². The van der Waals surface area contributed by atoms with Gasteiger partial charge in [-0.05, 0) is 32.9 Å². The number of aromatic nitrogens is 2. The van der Waals surface area contributed by atoms with Gasteiger partial charge in [0.1, 0.15) is 12.4 Å². The number of aryl methyl sites for hydroxylation is 2. The Balaban J connectivity index is 2.49. The first-order valence-corrected chi connectivity index (χ1v) is 8.76. The van der Waals surface area contributed by atoms with Gasteiger partial charge in [0.15, 0.2) is 0 Å². The van der Waals surface area contributed by atoms with E-state index in [4.69, 9.17) is 0 Å². The lowest BCUT2D eigenvalue weighted by Crippen LogP contribution is -2.43. The zero-order valence-electron chi connectivity index (χ0n) is 16.4. The predicted molar refractivity (Wildman–Crippen MR) is 97.8 cm³/mol. The van der Waals surface area contributed by atoms with Crippen LogP contribution in [0, 0.1) is 24.0 Å². The molecular formula is C18H19F3N4O5. The van der Waals surface area contributed by atoms with Crippen molar-refractivity contribution in [1.82, 2.24) is 14.5 Å². The van der Waals surface area contributed by atoms with Crippen molar-refractivity contribution >= 4 is 17.6 Å². The Morgan fingerprint density at radius 3 is 2.47 bits per heavy atom. The van der Waals surface area contributed by atoms with E-state index in [1.807, 2.05) is 0 Å². The minimum atomic E-state index is -5.27. The SMILES string of the molecule is CCOC(=O)CN(Cc1cc(-n2cc(C)nc2C)ccc1[N+](=O)[O-])C(=O)C(F)(F)F. The predicted octanol–water partition coefficient (Wildman–Crippen LogP) is 2.85. The van der Waals surface area contributed by atoms with Crippen LogP contribution in [-0.2, 0) is 20.9 Å². The van der Waals surface area contributed by atoms with E-state index in [1.54, 1.807) is 24.6 Å². The molecular weight excluding hydrogens is 409 g/mol. The molecule has 12 heteroatoms. The third-order valence-corrected chi connectivity index (χ3v) is 4.06. The summed E-state index contributed by atoms with van der Waals surface area (Å²) in [7, 11) is 0. The number of alkyl halides is 3. The number of carbonyl (C=O) groups is 2. The number of benzene rings is 1. The molecule has 0 bridgehead atoms. The molecule has 2 rings (SSSR count). The molecule has 1 heterocycles. The molecule has 0 N–H and O–H groups in total. The Hall–Kier alpha value is -3.44. The third kappa shape index (κ3) is 5.33. The van der Waals surface area contributed by atoms with Crippen LogP contribution in [-0.4, -0.2) is 50.6 Å². The summed E-state index contributed by atoms with van der Waals surface area (Å²) in [5, 5.41) is 11.4. The van der Waals surface area contributed by atoms with Crippen LogP contribution in [0.2, 0.25) is 0 Å². The van der Waals surface area contributed by atoms with E-state index in [9.17, 15) is 32.9 Å². The number of nitro benzene ring substituents is 1. The Labute approximate surface area is 169 Å². The average Bonchev–Trinajstić information content (AvgIpc) is 2.97. The molecule has 0 saturated carbocycles. The molecule has 2 aromatic rings. The number of carbonyl (C=O) groups excluding carboxylic acids is 2. The number of amides is 1. The summed E-state index contributed by atoms with van der Waals surface area (Å²) in [5.41, 5.74) is 0.412. The second kappa shape index (κ2) is 8.93. The second-order valence-corrected chi connectivity index (χ2v) is 6.33. The van der Waals surface area contributed by atoms with Crippen LogP contribution in [0.25, 0.3) is 5.69 Å². The van der Waals surface area contributed by atoms with Gasteiger partial charge in [-0.2, -0.15) is 13.2 Å². The number of imidazole rings is 1. The molecule has 30 heavy (non-hydrogen) atoms. The standard InChI is InChI=1S/C18H19F3N4O5/c1-4-30-16(26)10-23(17(27)18(19,20)21)9-13-7-14(5-6-15(13)25(28)29)24-8-11(2)22-12(24)3/h5-8H,4,9-10H2,1-3H3. The Morgan fingerprint density at radius 1 is 1.30 bits per heavy atom. The lowest BCUT2D eigenvalue weighted by Gasteiger charge is -2.23. The van der Waals surface area contributed by atoms with Gasteiger partial charge < -0.3 is 14.2 Å². The van der Waals surface area contributed by atoms with Gasteiger partial charge in [-0.15, -0.1) is 0 Å². The van der Waals surface area contributed by atoms with Gasteiger partial charge in [-0.1, -0.05) is 0 Å². The number of nitro groups is 1. The fourth-order valence-corrected chi connectivity index (χ4v) is 2.85. The topological polar surface area (TPSA) is 108 Å². The summed E-state index contributed by atoms with van der Waals surface area (Å²) < 4.78 is 45.2. The van der Waals surface area contributed by atoms with Crippen LogP contribution in [0.4, 0.5) is 18.9 Å². The number of halogens is 3. The number of hydrogen-bond acceptors (Lipinski definition) is 6. The van der Waals surface area contributed by atoms with Crippen LogP contribution in [0.3, 0.4) is 0 Å². The molecule has 0 aliphatic heterocycles. The summed E-state index contributed by atoms with van der Waals surface area (Å²) >= 11 is 0. The van der Waals surface area contributed by atoms with Crippen LogP contribution in [0.5, 0.6) is 0 Å². The Morgan fingerprint density at radius 2 is 1.97 bits per heavy atom. The van der Waals surface area contributed by atoms with E-state index in [2.05, 4.69) is 9.72 Å².